The van der Waals surface area contributed by atoms with Gasteiger partial charge in [-0.3, -0.25) is 5.10 Å². The predicted octanol–water partition coefficient (Wildman–Crippen LogP) is 2.53. The van der Waals surface area contributed by atoms with Gasteiger partial charge >= 0.3 is 0 Å². The summed E-state index contributed by atoms with van der Waals surface area (Å²) in [6, 6.07) is 3.61. The summed E-state index contributed by atoms with van der Waals surface area (Å²) in [5.41, 5.74) is 1.75. The number of nitrogens with one attached hydrogen (secondary N) is 2. The maximum Gasteiger partial charge on any atom is 0.244 e. The lowest BCUT2D eigenvalue weighted by Gasteiger charge is -2.06. The van der Waals surface area contributed by atoms with Gasteiger partial charge in [-0.2, -0.15) is 5.10 Å². The molecule has 0 spiro atoms. The average Bonchev–Trinajstić information content (AvgIpc) is 3.18. The van der Waals surface area contributed by atoms with E-state index in [0.717, 1.165) is 15.6 Å². The lowest BCUT2D eigenvalue weighted by molar-refractivity contribution is 0.580. The van der Waals surface area contributed by atoms with Gasteiger partial charge in [-0.25, -0.2) is 18.1 Å². The van der Waals surface area contributed by atoms with Crippen LogP contribution in [0.3, 0.4) is 0 Å². The van der Waals surface area contributed by atoms with Crippen LogP contribution in [0.4, 0.5) is 0 Å². The number of nitrogens with zero attached hydrogens (tertiary/aromatic N) is 2. The maximum absolute atomic E-state index is 12.4. The average molecular weight is 352 g/mol. The van der Waals surface area contributed by atoms with E-state index in [9.17, 15) is 8.42 Å². The second-order valence-corrected chi connectivity index (χ2v) is 7.88. The molecule has 0 aliphatic heterocycles. The van der Waals surface area contributed by atoms with Crippen LogP contribution < -0.4 is 4.72 Å². The number of furan rings is 1. The molecule has 3 rings (SSSR count). The van der Waals surface area contributed by atoms with Crippen molar-refractivity contribution in [2.24, 2.45) is 0 Å². The van der Waals surface area contributed by atoms with Crippen molar-refractivity contribution in [3.8, 4) is 10.8 Å². The van der Waals surface area contributed by atoms with Crippen LogP contribution in [0, 0.1) is 20.8 Å². The first kappa shape index (κ1) is 15.9. The van der Waals surface area contributed by atoms with Crippen LogP contribution in [0.25, 0.3) is 10.8 Å². The Labute approximate surface area is 137 Å². The number of hydrogen-bond donors (Lipinski definition) is 2. The fourth-order valence-corrected chi connectivity index (χ4v) is 4.69. The van der Waals surface area contributed by atoms with Crippen molar-refractivity contribution in [3.63, 3.8) is 0 Å². The lowest BCUT2D eigenvalue weighted by atomic mass is 10.4. The zero-order valence-corrected chi connectivity index (χ0v) is 14.5. The van der Waals surface area contributed by atoms with Crippen LogP contribution in [-0.4, -0.2) is 23.6 Å². The minimum Gasteiger partial charge on any atom is -0.462 e. The summed E-state index contributed by atoms with van der Waals surface area (Å²) >= 11 is 1.41. The normalized spacial score (nSPS) is 12.0. The summed E-state index contributed by atoms with van der Waals surface area (Å²) in [7, 11) is -3.63. The smallest absolute Gasteiger partial charge is 0.244 e. The summed E-state index contributed by atoms with van der Waals surface area (Å²) in [6.45, 7) is 5.37. The van der Waals surface area contributed by atoms with Crippen molar-refractivity contribution in [2.45, 2.75) is 32.2 Å². The molecular formula is C14H16N4O3S2. The molecule has 0 atom stereocenters. The molecule has 0 saturated heterocycles. The Kier molecular flexibility index (Phi) is 4.09. The van der Waals surface area contributed by atoms with Gasteiger partial charge in [-0.05, 0) is 32.9 Å². The zero-order chi connectivity index (χ0) is 16.6. The Morgan fingerprint density at radius 3 is 2.70 bits per heavy atom. The zero-order valence-electron chi connectivity index (χ0n) is 12.9. The Morgan fingerprint density at radius 1 is 1.30 bits per heavy atom. The maximum atomic E-state index is 12.4. The molecule has 3 aromatic rings. The summed E-state index contributed by atoms with van der Waals surface area (Å²) in [6.07, 6.45) is 1.58. The molecule has 0 aromatic carbocycles. The molecule has 9 heteroatoms. The van der Waals surface area contributed by atoms with E-state index in [1.54, 1.807) is 26.2 Å². The molecule has 3 heterocycles. The van der Waals surface area contributed by atoms with Gasteiger partial charge in [-0.1, -0.05) is 0 Å². The van der Waals surface area contributed by atoms with Crippen LogP contribution in [0.5, 0.6) is 0 Å². The summed E-state index contributed by atoms with van der Waals surface area (Å²) in [4.78, 5) is 5.47. The molecule has 0 fully saturated rings. The van der Waals surface area contributed by atoms with E-state index < -0.39 is 10.0 Å². The van der Waals surface area contributed by atoms with Crippen LogP contribution in [0.2, 0.25) is 0 Å². The first-order valence-electron chi connectivity index (χ1n) is 6.90. The highest BCUT2D eigenvalue weighted by molar-refractivity contribution is 7.89. The SMILES string of the molecule is Cc1nc(-c2ccco2)sc1CNS(=O)(=O)c1c(C)n[nH]c1C. The highest BCUT2D eigenvalue weighted by Crippen LogP contribution is 2.28. The van der Waals surface area contributed by atoms with Crippen molar-refractivity contribution in [1.29, 1.82) is 0 Å². The number of aromatic nitrogens is 3. The number of aryl methyl sites for hydroxylation is 3. The van der Waals surface area contributed by atoms with E-state index >= 15 is 0 Å². The molecule has 7 nitrogen and oxygen atoms in total. The molecular weight excluding hydrogens is 336 g/mol. The van der Waals surface area contributed by atoms with Gasteiger partial charge in [0.15, 0.2) is 10.8 Å². The van der Waals surface area contributed by atoms with Gasteiger partial charge in [0.05, 0.1) is 23.3 Å². The highest BCUT2D eigenvalue weighted by atomic mass is 32.2. The predicted molar refractivity (Wildman–Crippen MR) is 86.6 cm³/mol. The molecule has 3 aromatic heterocycles. The van der Waals surface area contributed by atoms with Crippen molar-refractivity contribution in [1.82, 2.24) is 19.9 Å². The third-order valence-corrected chi connectivity index (χ3v) is 6.21. The third kappa shape index (κ3) is 3.07. The van der Waals surface area contributed by atoms with Gasteiger partial charge in [0.1, 0.15) is 4.90 Å². The standard InChI is InChI=1S/C14H16N4O3S2/c1-8-12(22-14(16-8)11-5-4-6-21-11)7-15-23(19,20)13-9(2)17-18-10(13)3/h4-6,15H,7H2,1-3H3,(H,17,18). The summed E-state index contributed by atoms with van der Waals surface area (Å²) in [5.74, 6) is 0.675. The molecule has 0 bridgehead atoms. The van der Waals surface area contributed by atoms with Gasteiger partial charge in [0, 0.05) is 11.4 Å². The number of rotatable bonds is 5. The minimum absolute atomic E-state index is 0.177. The highest BCUT2D eigenvalue weighted by Gasteiger charge is 2.23. The second kappa shape index (κ2) is 5.91. The Morgan fingerprint density at radius 2 is 2.09 bits per heavy atom. The monoisotopic (exact) mass is 352 g/mol. The Bertz CT molecular complexity index is 904. The lowest BCUT2D eigenvalue weighted by Crippen LogP contribution is -2.24. The van der Waals surface area contributed by atoms with Crippen molar-refractivity contribution >= 4 is 21.4 Å². The molecule has 0 saturated carbocycles. The van der Waals surface area contributed by atoms with Crippen molar-refractivity contribution < 1.29 is 12.8 Å². The van der Waals surface area contributed by atoms with E-state index in [-0.39, 0.29) is 11.4 Å². The number of sulfonamides is 1. The second-order valence-electron chi connectivity index (χ2n) is 5.09. The molecule has 0 unspecified atom stereocenters. The number of H-pyrrole nitrogens is 1. The van der Waals surface area contributed by atoms with Gasteiger partial charge in [-0.15, -0.1) is 11.3 Å². The number of thiazole rings is 1. The third-order valence-electron chi connectivity index (χ3n) is 3.38. The molecule has 0 radical (unpaired) electrons. The van der Waals surface area contributed by atoms with Gasteiger partial charge < -0.3 is 4.42 Å². The molecule has 2 N–H and O–H groups in total. The Hall–Kier alpha value is -1.97. The van der Waals surface area contributed by atoms with Crippen LogP contribution >= 0.6 is 11.3 Å². The van der Waals surface area contributed by atoms with Crippen LogP contribution in [-0.2, 0) is 16.6 Å². The van der Waals surface area contributed by atoms with Gasteiger partial charge in [0.25, 0.3) is 0 Å². The molecule has 0 aliphatic carbocycles. The van der Waals surface area contributed by atoms with Crippen molar-refractivity contribution in [3.05, 3.63) is 40.4 Å². The first-order valence-corrected chi connectivity index (χ1v) is 9.20. The Balaban J connectivity index is 1.81. The van der Waals surface area contributed by atoms with Crippen LogP contribution in [0.15, 0.2) is 27.7 Å². The summed E-state index contributed by atoms with van der Waals surface area (Å²) in [5, 5.41) is 7.34. The van der Waals surface area contributed by atoms with Crippen LogP contribution in [0.1, 0.15) is 22.0 Å². The molecule has 23 heavy (non-hydrogen) atoms. The largest absolute Gasteiger partial charge is 0.462 e. The van der Waals surface area contributed by atoms with Gasteiger partial charge in [0.2, 0.25) is 10.0 Å². The van der Waals surface area contributed by atoms with E-state index in [1.165, 1.54) is 11.3 Å². The molecule has 122 valence electrons. The number of aromatic amines is 1. The fraction of sp³-hybridized carbons (Fsp3) is 0.286. The van der Waals surface area contributed by atoms with E-state index in [1.807, 2.05) is 13.0 Å². The summed E-state index contributed by atoms with van der Waals surface area (Å²) < 4.78 is 32.8. The molecule has 0 aliphatic rings. The van der Waals surface area contributed by atoms with E-state index in [0.29, 0.717) is 17.1 Å². The number of hydrogen-bond acceptors (Lipinski definition) is 6. The topological polar surface area (TPSA) is 101 Å². The first-order chi connectivity index (χ1) is 10.9. The van der Waals surface area contributed by atoms with E-state index in [2.05, 4.69) is 19.9 Å². The van der Waals surface area contributed by atoms with Crippen molar-refractivity contribution in [2.75, 3.05) is 0 Å². The minimum atomic E-state index is -3.63. The quantitative estimate of drug-likeness (QED) is 0.735. The van der Waals surface area contributed by atoms with E-state index in [4.69, 9.17) is 4.42 Å². The molecule has 0 amide bonds. The fourth-order valence-electron chi connectivity index (χ4n) is 2.27.